The molecule has 1 fully saturated rings. The van der Waals surface area contributed by atoms with Gasteiger partial charge in [-0.25, -0.2) is 0 Å². The van der Waals surface area contributed by atoms with Crippen LogP contribution < -0.4 is 4.74 Å². The number of halogens is 3. The Bertz CT molecular complexity index is 826. The molecule has 0 heterocycles. The lowest BCUT2D eigenvalue weighted by Gasteiger charge is -2.37. The van der Waals surface area contributed by atoms with E-state index >= 15 is 0 Å². The van der Waals surface area contributed by atoms with E-state index in [0.29, 0.717) is 16.7 Å². The molecule has 1 aliphatic rings. The normalized spacial score (nSPS) is 21.3. The van der Waals surface area contributed by atoms with Crippen LogP contribution in [0.2, 0.25) is 0 Å². The van der Waals surface area contributed by atoms with Gasteiger partial charge in [0.15, 0.2) is 0 Å². The van der Waals surface area contributed by atoms with E-state index in [1.807, 2.05) is 6.07 Å². The molecule has 0 atom stereocenters. The van der Waals surface area contributed by atoms with Crippen molar-refractivity contribution in [2.24, 2.45) is 11.3 Å². The Labute approximate surface area is 157 Å². The van der Waals surface area contributed by atoms with Crippen LogP contribution in [-0.4, -0.2) is 18.1 Å². The molecule has 3 rings (SSSR count). The summed E-state index contributed by atoms with van der Waals surface area (Å²) in [5.41, 5.74) is -0.0244. The number of carbonyl (C=O) groups is 1. The van der Waals surface area contributed by atoms with Crippen molar-refractivity contribution in [3.63, 3.8) is 0 Å². The van der Waals surface area contributed by atoms with Crippen LogP contribution in [0, 0.1) is 11.3 Å². The van der Waals surface area contributed by atoms with E-state index in [4.69, 9.17) is 4.74 Å². The van der Waals surface area contributed by atoms with E-state index in [0.717, 1.165) is 36.8 Å². The van der Waals surface area contributed by atoms with Gasteiger partial charge in [0.05, 0.1) is 6.10 Å². The van der Waals surface area contributed by atoms with Gasteiger partial charge in [-0.1, -0.05) is 39.0 Å². The molecule has 0 saturated heterocycles. The maximum atomic E-state index is 12.6. The monoisotopic (exact) mass is 378 g/mol. The fourth-order valence-electron chi connectivity index (χ4n) is 3.84. The molecule has 0 amide bonds. The van der Waals surface area contributed by atoms with Crippen LogP contribution in [0.1, 0.15) is 56.8 Å². The summed E-state index contributed by atoms with van der Waals surface area (Å²) in [6.07, 6.45) is -0.372. The van der Waals surface area contributed by atoms with Crippen molar-refractivity contribution < 1.29 is 22.7 Å². The second-order valence-corrected chi connectivity index (χ2v) is 8.51. The zero-order chi connectivity index (χ0) is 19.8. The third-order valence-corrected chi connectivity index (χ3v) is 5.53. The smallest absolute Gasteiger partial charge is 0.454 e. The van der Waals surface area contributed by atoms with Crippen molar-refractivity contribution >= 4 is 16.6 Å². The van der Waals surface area contributed by atoms with E-state index in [9.17, 15) is 18.0 Å². The lowest BCUT2D eigenvalue weighted by Crippen LogP contribution is -2.30. The first-order chi connectivity index (χ1) is 12.5. The number of ether oxygens (including phenoxy) is 1. The van der Waals surface area contributed by atoms with Crippen LogP contribution in [0.4, 0.5) is 13.2 Å². The highest BCUT2D eigenvalue weighted by Gasteiger charge is 2.39. The van der Waals surface area contributed by atoms with Crippen molar-refractivity contribution in [1.82, 2.24) is 0 Å². The molecule has 2 nitrogen and oxygen atoms in total. The average molecular weight is 378 g/mol. The first-order valence-electron chi connectivity index (χ1n) is 9.36. The van der Waals surface area contributed by atoms with Crippen LogP contribution in [0.5, 0.6) is 5.75 Å². The van der Waals surface area contributed by atoms with Crippen molar-refractivity contribution in [3.05, 3.63) is 42.0 Å². The van der Waals surface area contributed by atoms with Crippen molar-refractivity contribution in [1.29, 1.82) is 0 Å². The van der Waals surface area contributed by atoms with Gasteiger partial charge >= 0.3 is 6.18 Å². The number of carbonyl (C=O) groups excluding carboxylic acids is 1. The van der Waals surface area contributed by atoms with Gasteiger partial charge in [-0.05, 0) is 66.0 Å². The minimum absolute atomic E-state index is 0.173. The molecule has 0 spiro atoms. The average Bonchev–Trinajstić information content (AvgIpc) is 2.59. The van der Waals surface area contributed by atoms with Crippen LogP contribution >= 0.6 is 0 Å². The van der Waals surface area contributed by atoms with E-state index < -0.39 is 12.0 Å². The van der Waals surface area contributed by atoms with Gasteiger partial charge in [-0.2, -0.15) is 13.2 Å². The lowest BCUT2D eigenvalue weighted by atomic mass is 9.72. The summed E-state index contributed by atoms with van der Waals surface area (Å²) in [6.45, 7) is 6.83. The second kappa shape index (κ2) is 7.17. The van der Waals surface area contributed by atoms with Crippen LogP contribution in [0.15, 0.2) is 36.4 Å². The zero-order valence-corrected chi connectivity index (χ0v) is 15.9. The van der Waals surface area contributed by atoms with E-state index in [2.05, 4.69) is 20.8 Å². The maximum Gasteiger partial charge on any atom is 0.454 e. The van der Waals surface area contributed by atoms with E-state index in [1.54, 1.807) is 12.1 Å². The molecular weight excluding hydrogens is 353 g/mol. The zero-order valence-electron chi connectivity index (χ0n) is 15.9. The number of hydrogen-bond acceptors (Lipinski definition) is 2. The summed E-state index contributed by atoms with van der Waals surface area (Å²) in [4.78, 5) is 11.4. The first-order valence-corrected chi connectivity index (χ1v) is 9.36. The van der Waals surface area contributed by atoms with Crippen LogP contribution in [-0.2, 0) is 0 Å². The summed E-state index contributed by atoms with van der Waals surface area (Å²) in [5.74, 6) is -0.393. The molecule has 2 aromatic carbocycles. The third kappa shape index (κ3) is 4.63. The van der Waals surface area contributed by atoms with Gasteiger partial charge in [-0.15, -0.1) is 0 Å². The Balaban J connectivity index is 1.70. The highest BCUT2D eigenvalue weighted by atomic mass is 19.4. The Morgan fingerprint density at radius 2 is 1.52 bits per heavy atom. The minimum atomic E-state index is -4.86. The van der Waals surface area contributed by atoms with E-state index in [-0.39, 0.29) is 11.7 Å². The van der Waals surface area contributed by atoms with Gasteiger partial charge in [0.25, 0.3) is 5.78 Å². The second-order valence-electron chi connectivity index (χ2n) is 8.51. The fourth-order valence-corrected chi connectivity index (χ4v) is 3.84. The third-order valence-electron chi connectivity index (χ3n) is 5.53. The van der Waals surface area contributed by atoms with Crippen molar-refractivity contribution in [3.8, 4) is 5.75 Å². The lowest BCUT2D eigenvalue weighted by molar-refractivity contribution is -0.0885. The molecule has 0 aliphatic heterocycles. The predicted octanol–water partition coefficient (Wildman–Crippen LogP) is 6.57. The SMILES string of the molecule is CC(C)(C)C1CCC(Oc2ccc3cc(C(=O)C(F)(F)F)ccc3c2)CC1. The summed E-state index contributed by atoms with van der Waals surface area (Å²) >= 11 is 0. The van der Waals surface area contributed by atoms with Gasteiger partial charge in [0, 0.05) is 5.56 Å². The fraction of sp³-hybridized carbons (Fsp3) is 0.500. The quantitative estimate of drug-likeness (QED) is 0.565. The molecule has 0 aromatic heterocycles. The summed E-state index contributed by atoms with van der Waals surface area (Å²) in [6, 6.07) is 9.34. The molecule has 2 aromatic rings. The molecule has 5 heteroatoms. The first kappa shape index (κ1) is 19.7. The molecule has 0 radical (unpaired) electrons. The molecule has 27 heavy (non-hydrogen) atoms. The molecular formula is C22H25F3O2. The molecule has 1 aliphatic carbocycles. The number of fused-ring (bicyclic) bond motifs is 1. The molecule has 0 unspecified atom stereocenters. The number of ketones is 1. The van der Waals surface area contributed by atoms with Gasteiger partial charge in [0.1, 0.15) is 5.75 Å². The Morgan fingerprint density at radius 1 is 0.926 bits per heavy atom. The van der Waals surface area contributed by atoms with Crippen LogP contribution in [0.25, 0.3) is 10.8 Å². The summed E-state index contributed by atoms with van der Waals surface area (Å²) in [5, 5.41) is 1.35. The Hall–Kier alpha value is -2.04. The molecule has 146 valence electrons. The van der Waals surface area contributed by atoms with E-state index in [1.165, 1.54) is 18.2 Å². The number of rotatable bonds is 3. The van der Waals surface area contributed by atoms with Crippen molar-refractivity contribution in [2.75, 3.05) is 0 Å². The highest BCUT2D eigenvalue weighted by molar-refractivity contribution is 6.03. The maximum absolute atomic E-state index is 12.6. The predicted molar refractivity (Wildman–Crippen MR) is 100 cm³/mol. The Morgan fingerprint density at radius 3 is 2.11 bits per heavy atom. The number of hydrogen-bond donors (Lipinski definition) is 0. The Kier molecular flexibility index (Phi) is 5.24. The minimum Gasteiger partial charge on any atom is -0.490 e. The number of benzene rings is 2. The molecule has 1 saturated carbocycles. The largest absolute Gasteiger partial charge is 0.490 e. The summed E-state index contributed by atoms with van der Waals surface area (Å²) < 4.78 is 43.9. The number of Topliss-reactive ketones (excluding diaryl/α,β-unsaturated/α-hetero) is 1. The summed E-state index contributed by atoms with van der Waals surface area (Å²) in [7, 11) is 0. The van der Waals surface area contributed by atoms with Gasteiger partial charge in [0.2, 0.25) is 0 Å². The standard InChI is InChI=1S/C22H25F3O2/c1-21(2,3)17-7-10-18(11-8-17)27-19-9-6-14-12-16(5-4-15(14)13-19)20(26)22(23,24)25/h4-6,9,12-13,17-18H,7-8,10-11H2,1-3H3. The number of alkyl halides is 3. The topological polar surface area (TPSA) is 26.3 Å². The van der Waals surface area contributed by atoms with Crippen LogP contribution in [0.3, 0.4) is 0 Å². The molecule has 0 N–H and O–H groups in total. The molecule has 0 bridgehead atoms. The highest BCUT2D eigenvalue weighted by Crippen LogP contribution is 2.39. The van der Waals surface area contributed by atoms with Gasteiger partial charge < -0.3 is 4.74 Å². The van der Waals surface area contributed by atoms with Gasteiger partial charge in [-0.3, -0.25) is 4.79 Å². The van der Waals surface area contributed by atoms with Crippen molar-refractivity contribution in [2.45, 2.75) is 58.7 Å².